The largest absolute Gasteiger partial charge is 0.380 e. The third-order valence-corrected chi connectivity index (χ3v) is 5.16. The topological polar surface area (TPSA) is 74.4 Å². The molecule has 30 heavy (non-hydrogen) atoms. The van der Waals surface area contributed by atoms with Crippen LogP contribution in [0.5, 0.6) is 0 Å². The number of carbonyl (C=O) groups excluding carboxylic acids is 1. The van der Waals surface area contributed by atoms with E-state index in [1.807, 2.05) is 26.0 Å². The summed E-state index contributed by atoms with van der Waals surface area (Å²) in [6, 6.07) is 10.5. The lowest BCUT2D eigenvalue weighted by Crippen LogP contribution is -2.39. The number of H-pyrrole nitrogens is 1. The number of anilines is 1. The number of rotatable bonds is 7. The van der Waals surface area contributed by atoms with Gasteiger partial charge in [-0.25, -0.2) is 9.18 Å². The Bertz CT molecular complexity index is 1100. The summed E-state index contributed by atoms with van der Waals surface area (Å²) in [5.41, 5.74) is 0.994. The molecule has 2 N–H and O–H groups in total. The Morgan fingerprint density at radius 3 is 2.70 bits per heavy atom. The SMILES string of the molecule is CCOCCN(C(=O)Nc1ccc(F)c(Cl)c1)[C@@H](C)c1c[nH]c(=O)c2ccccc12. The molecular formula is C22H23ClFN3O3. The lowest BCUT2D eigenvalue weighted by atomic mass is 10.0. The molecule has 0 saturated heterocycles. The second-order valence-electron chi connectivity index (χ2n) is 6.74. The number of nitrogens with one attached hydrogen (secondary N) is 2. The van der Waals surface area contributed by atoms with Gasteiger partial charge in [-0.1, -0.05) is 29.8 Å². The van der Waals surface area contributed by atoms with Crippen molar-refractivity contribution in [3.05, 3.63) is 75.4 Å². The van der Waals surface area contributed by atoms with Gasteiger partial charge in [0.05, 0.1) is 17.7 Å². The summed E-state index contributed by atoms with van der Waals surface area (Å²) in [5, 5.41) is 4.00. The summed E-state index contributed by atoms with van der Waals surface area (Å²) < 4.78 is 18.9. The van der Waals surface area contributed by atoms with Crippen LogP contribution in [0.4, 0.5) is 14.9 Å². The van der Waals surface area contributed by atoms with E-state index in [2.05, 4.69) is 10.3 Å². The number of amides is 2. The highest BCUT2D eigenvalue weighted by Gasteiger charge is 2.24. The second kappa shape index (κ2) is 9.73. The van der Waals surface area contributed by atoms with Crippen LogP contribution >= 0.6 is 11.6 Å². The lowest BCUT2D eigenvalue weighted by Gasteiger charge is -2.30. The van der Waals surface area contributed by atoms with E-state index in [0.717, 1.165) is 10.9 Å². The first-order valence-corrected chi connectivity index (χ1v) is 10.0. The first-order chi connectivity index (χ1) is 14.4. The molecule has 158 valence electrons. The van der Waals surface area contributed by atoms with Crippen LogP contribution in [0.2, 0.25) is 5.02 Å². The number of hydrogen-bond acceptors (Lipinski definition) is 3. The predicted molar refractivity (Wildman–Crippen MR) is 117 cm³/mol. The van der Waals surface area contributed by atoms with Crippen molar-refractivity contribution in [1.82, 2.24) is 9.88 Å². The number of carbonyl (C=O) groups is 1. The fourth-order valence-corrected chi connectivity index (χ4v) is 3.47. The normalized spacial score (nSPS) is 12.0. The van der Waals surface area contributed by atoms with Crippen molar-refractivity contribution in [2.24, 2.45) is 0 Å². The number of urea groups is 1. The van der Waals surface area contributed by atoms with Crippen molar-refractivity contribution in [2.75, 3.05) is 25.1 Å². The summed E-state index contributed by atoms with van der Waals surface area (Å²) in [6.45, 7) is 4.95. The quantitative estimate of drug-likeness (QED) is 0.519. The molecule has 0 aliphatic rings. The molecular weight excluding hydrogens is 409 g/mol. The monoisotopic (exact) mass is 431 g/mol. The van der Waals surface area contributed by atoms with Crippen molar-refractivity contribution in [1.29, 1.82) is 0 Å². The van der Waals surface area contributed by atoms with Crippen LogP contribution in [-0.4, -0.2) is 35.7 Å². The number of aromatic amines is 1. The summed E-state index contributed by atoms with van der Waals surface area (Å²) in [6.07, 6.45) is 1.63. The van der Waals surface area contributed by atoms with Gasteiger partial charge in [0.15, 0.2) is 0 Å². The van der Waals surface area contributed by atoms with E-state index < -0.39 is 5.82 Å². The lowest BCUT2D eigenvalue weighted by molar-refractivity contribution is 0.111. The van der Waals surface area contributed by atoms with Crippen molar-refractivity contribution in [3.8, 4) is 0 Å². The molecule has 6 nitrogen and oxygen atoms in total. The Morgan fingerprint density at radius 1 is 1.27 bits per heavy atom. The van der Waals surface area contributed by atoms with E-state index in [1.54, 1.807) is 23.2 Å². The third kappa shape index (κ3) is 4.80. The Balaban J connectivity index is 1.92. The molecule has 3 rings (SSSR count). The fourth-order valence-electron chi connectivity index (χ4n) is 3.29. The van der Waals surface area contributed by atoms with Gasteiger partial charge in [-0.15, -0.1) is 0 Å². The minimum atomic E-state index is -0.559. The summed E-state index contributed by atoms with van der Waals surface area (Å²) in [7, 11) is 0. The van der Waals surface area contributed by atoms with Crippen molar-refractivity contribution >= 4 is 34.1 Å². The highest BCUT2D eigenvalue weighted by atomic mass is 35.5. The number of benzene rings is 2. The zero-order valence-corrected chi connectivity index (χ0v) is 17.5. The Labute approximate surface area is 178 Å². The minimum Gasteiger partial charge on any atom is -0.380 e. The molecule has 2 aromatic carbocycles. The Morgan fingerprint density at radius 2 is 2.00 bits per heavy atom. The number of halogens is 2. The average molecular weight is 432 g/mol. The van der Waals surface area contributed by atoms with Gasteiger partial charge >= 0.3 is 6.03 Å². The van der Waals surface area contributed by atoms with Gasteiger partial charge < -0.3 is 19.9 Å². The number of nitrogens with zero attached hydrogens (tertiary/aromatic N) is 1. The number of aromatic nitrogens is 1. The third-order valence-electron chi connectivity index (χ3n) is 4.87. The number of fused-ring (bicyclic) bond motifs is 1. The smallest absolute Gasteiger partial charge is 0.322 e. The van der Waals surface area contributed by atoms with Gasteiger partial charge in [0, 0.05) is 30.4 Å². The molecule has 0 radical (unpaired) electrons. The maximum atomic E-state index is 13.4. The maximum Gasteiger partial charge on any atom is 0.322 e. The van der Waals surface area contributed by atoms with Crippen LogP contribution in [0.1, 0.15) is 25.5 Å². The van der Waals surface area contributed by atoms with Gasteiger partial charge in [-0.3, -0.25) is 4.79 Å². The van der Waals surface area contributed by atoms with E-state index in [9.17, 15) is 14.0 Å². The van der Waals surface area contributed by atoms with E-state index in [4.69, 9.17) is 16.3 Å². The van der Waals surface area contributed by atoms with Gasteiger partial charge in [-0.05, 0) is 49.1 Å². The van der Waals surface area contributed by atoms with E-state index in [1.165, 1.54) is 18.2 Å². The highest BCUT2D eigenvalue weighted by Crippen LogP contribution is 2.27. The molecule has 0 saturated carbocycles. The predicted octanol–water partition coefficient (Wildman–Crippen LogP) is 4.95. The molecule has 1 heterocycles. The second-order valence-corrected chi connectivity index (χ2v) is 7.15. The Hall–Kier alpha value is -2.90. The van der Waals surface area contributed by atoms with Crippen LogP contribution in [-0.2, 0) is 4.74 Å². The fraction of sp³-hybridized carbons (Fsp3) is 0.273. The number of ether oxygens (including phenoxy) is 1. The molecule has 0 bridgehead atoms. The molecule has 0 aliphatic carbocycles. The van der Waals surface area contributed by atoms with Crippen molar-refractivity contribution < 1.29 is 13.9 Å². The molecule has 1 atom stereocenters. The first-order valence-electron chi connectivity index (χ1n) is 9.63. The van der Waals surface area contributed by atoms with E-state index >= 15 is 0 Å². The van der Waals surface area contributed by atoms with Gasteiger partial charge in [0.25, 0.3) is 5.56 Å². The minimum absolute atomic E-state index is 0.0756. The van der Waals surface area contributed by atoms with Crippen LogP contribution in [0.25, 0.3) is 10.8 Å². The zero-order chi connectivity index (χ0) is 21.7. The molecule has 0 spiro atoms. The summed E-state index contributed by atoms with van der Waals surface area (Å²) in [4.78, 5) is 29.6. The van der Waals surface area contributed by atoms with Gasteiger partial charge in [0.2, 0.25) is 0 Å². The summed E-state index contributed by atoms with van der Waals surface area (Å²) >= 11 is 5.82. The van der Waals surface area contributed by atoms with E-state index in [-0.39, 0.29) is 22.7 Å². The Kier molecular flexibility index (Phi) is 7.07. The average Bonchev–Trinajstić information content (AvgIpc) is 2.74. The van der Waals surface area contributed by atoms with Crippen molar-refractivity contribution in [3.63, 3.8) is 0 Å². The maximum absolute atomic E-state index is 13.4. The molecule has 2 amide bonds. The molecule has 8 heteroatoms. The zero-order valence-electron chi connectivity index (χ0n) is 16.7. The van der Waals surface area contributed by atoms with Crippen LogP contribution in [0.15, 0.2) is 53.5 Å². The number of pyridine rings is 1. The van der Waals surface area contributed by atoms with Crippen LogP contribution in [0, 0.1) is 5.82 Å². The van der Waals surface area contributed by atoms with Crippen molar-refractivity contribution in [2.45, 2.75) is 19.9 Å². The van der Waals surface area contributed by atoms with E-state index in [0.29, 0.717) is 30.8 Å². The van der Waals surface area contributed by atoms with Gasteiger partial charge in [0.1, 0.15) is 5.82 Å². The first kappa shape index (κ1) is 21.8. The standard InChI is InChI=1S/C22H23ClFN3O3/c1-3-30-11-10-27(22(29)26-15-8-9-20(24)19(23)12-15)14(2)18-13-25-21(28)17-7-5-4-6-16(17)18/h4-9,12-14H,3,10-11H2,1-2H3,(H,25,28)(H,26,29)/t14-/m0/s1. The summed E-state index contributed by atoms with van der Waals surface area (Å²) in [5.74, 6) is -0.559. The molecule has 1 aromatic heterocycles. The van der Waals surface area contributed by atoms with Gasteiger partial charge in [-0.2, -0.15) is 0 Å². The number of hydrogen-bond donors (Lipinski definition) is 2. The van der Waals surface area contributed by atoms with Crippen LogP contribution in [0.3, 0.4) is 0 Å². The van der Waals surface area contributed by atoms with Crippen LogP contribution < -0.4 is 10.9 Å². The molecule has 0 aliphatic heterocycles. The molecule has 3 aromatic rings. The molecule has 0 fully saturated rings. The highest BCUT2D eigenvalue weighted by molar-refractivity contribution is 6.31. The molecule has 0 unspecified atom stereocenters.